The Morgan fingerprint density at radius 1 is 1.56 bits per heavy atom. The van der Waals surface area contributed by atoms with Crippen LogP contribution in [-0.4, -0.2) is 45.5 Å². The summed E-state index contributed by atoms with van der Waals surface area (Å²) in [6, 6.07) is 0. The normalized spacial score (nSPS) is 20.6. The lowest BCUT2D eigenvalue weighted by molar-refractivity contribution is 0.0888. The van der Waals surface area contributed by atoms with Crippen molar-refractivity contribution < 1.29 is 9.47 Å². The molecule has 0 aromatic carbocycles. The Labute approximate surface area is 110 Å². The zero-order valence-electron chi connectivity index (χ0n) is 11.7. The van der Waals surface area contributed by atoms with Crippen molar-refractivity contribution in [1.82, 2.24) is 5.32 Å². The molecule has 0 bridgehead atoms. The van der Waals surface area contributed by atoms with Crippen LogP contribution in [-0.2, 0) is 9.47 Å². The van der Waals surface area contributed by atoms with Gasteiger partial charge in [-0.05, 0) is 18.8 Å². The third kappa shape index (κ3) is 7.50. The Bertz CT molecular complexity index is 238. The van der Waals surface area contributed by atoms with Crippen LogP contribution in [0.1, 0.15) is 26.7 Å². The van der Waals surface area contributed by atoms with Crippen LogP contribution in [0.15, 0.2) is 4.99 Å². The van der Waals surface area contributed by atoms with Crippen LogP contribution in [0.4, 0.5) is 0 Å². The lowest BCUT2D eigenvalue weighted by atomic mass is 10.1. The number of guanidine groups is 1. The molecule has 0 aliphatic carbocycles. The van der Waals surface area contributed by atoms with Gasteiger partial charge < -0.3 is 20.5 Å². The Morgan fingerprint density at radius 3 is 3.06 bits per heavy atom. The van der Waals surface area contributed by atoms with Gasteiger partial charge in [-0.1, -0.05) is 13.8 Å². The summed E-state index contributed by atoms with van der Waals surface area (Å²) in [6.07, 6.45) is 2.08. The van der Waals surface area contributed by atoms with E-state index >= 15 is 0 Å². The maximum atomic E-state index is 5.72. The lowest BCUT2D eigenvalue weighted by Gasteiger charge is -2.09. The highest BCUT2D eigenvalue weighted by molar-refractivity contribution is 5.77. The maximum absolute atomic E-state index is 5.72. The molecule has 1 aliphatic heterocycles. The second kappa shape index (κ2) is 9.16. The van der Waals surface area contributed by atoms with Crippen molar-refractivity contribution in [3.63, 3.8) is 0 Å². The molecule has 0 aromatic heterocycles. The number of nitrogens with one attached hydrogen (secondary N) is 1. The fraction of sp³-hybridized carbons (Fsp3) is 0.923. The van der Waals surface area contributed by atoms with Gasteiger partial charge in [0.2, 0.25) is 0 Å². The molecule has 106 valence electrons. The summed E-state index contributed by atoms with van der Waals surface area (Å²) in [7, 11) is 0. The van der Waals surface area contributed by atoms with Gasteiger partial charge in [0.15, 0.2) is 5.96 Å². The monoisotopic (exact) mass is 257 g/mol. The average molecular weight is 257 g/mol. The number of hydrogen-bond donors (Lipinski definition) is 2. The summed E-state index contributed by atoms with van der Waals surface area (Å²) in [4.78, 5) is 4.23. The number of aliphatic imine (C=N–C) groups is 1. The molecule has 1 saturated heterocycles. The molecule has 5 nitrogen and oxygen atoms in total. The van der Waals surface area contributed by atoms with Crippen LogP contribution in [0.3, 0.4) is 0 Å². The van der Waals surface area contributed by atoms with E-state index in [0.717, 1.165) is 52.4 Å². The zero-order chi connectivity index (χ0) is 13.2. The van der Waals surface area contributed by atoms with E-state index in [9.17, 15) is 0 Å². The van der Waals surface area contributed by atoms with Crippen molar-refractivity contribution >= 4 is 5.96 Å². The van der Waals surface area contributed by atoms with Gasteiger partial charge in [0.05, 0.1) is 13.2 Å². The molecule has 0 spiro atoms. The van der Waals surface area contributed by atoms with Gasteiger partial charge in [0.1, 0.15) is 0 Å². The highest BCUT2D eigenvalue weighted by Gasteiger charge is 2.14. The summed E-state index contributed by atoms with van der Waals surface area (Å²) < 4.78 is 10.9. The quantitative estimate of drug-likeness (QED) is 0.386. The van der Waals surface area contributed by atoms with E-state index < -0.39 is 0 Å². The lowest BCUT2D eigenvalue weighted by Crippen LogP contribution is -2.33. The van der Waals surface area contributed by atoms with E-state index in [2.05, 4.69) is 24.2 Å². The summed E-state index contributed by atoms with van der Waals surface area (Å²) in [5.74, 6) is 1.67. The van der Waals surface area contributed by atoms with Gasteiger partial charge in [-0.2, -0.15) is 0 Å². The Morgan fingerprint density at radius 2 is 2.39 bits per heavy atom. The minimum Gasteiger partial charge on any atom is -0.381 e. The van der Waals surface area contributed by atoms with Gasteiger partial charge in [-0.25, -0.2) is 0 Å². The van der Waals surface area contributed by atoms with Gasteiger partial charge in [-0.3, -0.25) is 4.99 Å². The second-order valence-corrected chi connectivity index (χ2v) is 5.20. The fourth-order valence-corrected chi connectivity index (χ4v) is 1.69. The molecule has 5 heteroatoms. The molecule has 1 rings (SSSR count). The topological polar surface area (TPSA) is 68.9 Å². The van der Waals surface area contributed by atoms with Crippen LogP contribution in [0, 0.1) is 11.8 Å². The first-order chi connectivity index (χ1) is 8.68. The second-order valence-electron chi connectivity index (χ2n) is 5.20. The highest BCUT2D eigenvalue weighted by Crippen LogP contribution is 2.12. The van der Waals surface area contributed by atoms with Crippen LogP contribution in [0.5, 0.6) is 0 Å². The molecule has 1 unspecified atom stereocenters. The Balaban J connectivity index is 1.89. The third-order valence-corrected chi connectivity index (χ3v) is 2.78. The molecule has 0 radical (unpaired) electrons. The summed E-state index contributed by atoms with van der Waals surface area (Å²) in [5.41, 5.74) is 5.72. The van der Waals surface area contributed by atoms with Crippen molar-refractivity contribution in [2.75, 3.05) is 39.5 Å². The first-order valence-corrected chi connectivity index (χ1v) is 6.87. The molecular formula is C13H27N3O2. The summed E-state index contributed by atoms with van der Waals surface area (Å²) in [5, 5.41) is 3.09. The zero-order valence-corrected chi connectivity index (χ0v) is 11.7. The maximum Gasteiger partial charge on any atom is 0.188 e. The van der Waals surface area contributed by atoms with Gasteiger partial charge in [0, 0.05) is 32.2 Å². The van der Waals surface area contributed by atoms with Crippen LogP contribution >= 0.6 is 0 Å². The highest BCUT2D eigenvalue weighted by atomic mass is 16.5. The molecule has 0 aromatic rings. The van der Waals surface area contributed by atoms with Crippen LogP contribution in [0.2, 0.25) is 0 Å². The SMILES string of the molecule is CC(C)CN=C(N)NCCCOCC1CCOC1. The minimum absolute atomic E-state index is 0.535. The van der Waals surface area contributed by atoms with E-state index in [-0.39, 0.29) is 0 Å². The summed E-state index contributed by atoms with van der Waals surface area (Å²) in [6.45, 7) is 9.16. The smallest absolute Gasteiger partial charge is 0.188 e. The first kappa shape index (κ1) is 15.2. The van der Waals surface area contributed by atoms with Crippen LogP contribution in [0.25, 0.3) is 0 Å². The van der Waals surface area contributed by atoms with E-state index in [4.69, 9.17) is 15.2 Å². The van der Waals surface area contributed by atoms with E-state index in [1.54, 1.807) is 0 Å². The van der Waals surface area contributed by atoms with Crippen molar-refractivity contribution in [3.05, 3.63) is 0 Å². The van der Waals surface area contributed by atoms with Crippen molar-refractivity contribution in [2.24, 2.45) is 22.6 Å². The minimum atomic E-state index is 0.535. The molecule has 3 N–H and O–H groups in total. The van der Waals surface area contributed by atoms with E-state index in [1.807, 2.05) is 0 Å². The first-order valence-electron chi connectivity index (χ1n) is 6.87. The van der Waals surface area contributed by atoms with Gasteiger partial charge >= 0.3 is 0 Å². The van der Waals surface area contributed by atoms with Crippen LogP contribution < -0.4 is 11.1 Å². The summed E-state index contributed by atoms with van der Waals surface area (Å²) >= 11 is 0. The third-order valence-electron chi connectivity index (χ3n) is 2.78. The molecule has 1 fully saturated rings. The average Bonchev–Trinajstić information content (AvgIpc) is 2.84. The molecule has 18 heavy (non-hydrogen) atoms. The Hall–Kier alpha value is -0.810. The molecular weight excluding hydrogens is 230 g/mol. The predicted octanol–water partition coefficient (Wildman–Crippen LogP) is 0.990. The number of nitrogens with zero attached hydrogens (tertiary/aromatic N) is 1. The van der Waals surface area contributed by atoms with Crippen molar-refractivity contribution in [1.29, 1.82) is 0 Å². The number of ether oxygens (including phenoxy) is 2. The molecule has 1 aliphatic rings. The number of nitrogens with two attached hydrogens (primary N) is 1. The standard InChI is InChI=1S/C13H27N3O2/c1-11(2)8-16-13(14)15-5-3-6-17-9-12-4-7-18-10-12/h11-12H,3-10H2,1-2H3,(H3,14,15,16). The Kier molecular flexibility index (Phi) is 7.76. The number of rotatable bonds is 8. The molecule has 1 heterocycles. The van der Waals surface area contributed by atoms with E-state index in [1.165, 1.54) is 0 Å². The largest absolute Gasteiger partial charge is 0.381 e. The molecule has 0 saturated carbocycles. The van der Waals surface area contributed by atoms with Crippen molar-refractivity contribution in [3.8, 4) is 0 Å². The number of hydrogen-bond acceptors (Lipinski definition) is 3. The molecule has 0 amide bonds. The molecule has 1 atom stereocenters. The predicted molar refractivity (Wildman–Crippen MR) is 73.7 cm³/mol. The van der Waals surface area contributed by atoms with E-state index in [0.29, 0.717) is 17.8 Å². The fourth-order valence-electron chi connectivity index (χ4n) is 1.69. The van der Waals surface area contributed by atoms with Gasteiger partial charge in [-0.15, -0.1) is 0 Å². The van der Waals surface area contributed by atoms with Gasteiger partial charge in [0.25, 0.3) is 0 Å². The van der Waals surface area contributed by atoms with Crippen molar-refractivity contribution in [2.45, 2.75) is 26.7 Å².